The van der Waals surface area contributed by atoms with Crippen LogP contribution in [0, 0.1) is 13.8 Å². The number of ether oxygens (including phenoxy) is 1. The fraction of sp³-hybridized carbons (Fsp3) is 0.455. The maximum atomic E-state index is 13.5. The van der Waals surface area contributed by atoms with Crippen LogP contribution in [0.5, 0.6) is 5.75 Å². The van der Waals surface area contributed by atoms with Crippen molar-refractivity contribution in [2.24, 2.45) is 0 Å². The third-order valence-electron chi connectivity index (χ3n) is 5.74. The molecule has 3 aromatic rings. The van der Waals surface area contributed by atoms with E-state index in [2.05, 4.69) is 21.9 Å². The largest absolute Gasteiger partial charge is 0.495 e. The molecule has 9 heteroatoms. The molecule has 1 aliphatic heterocycles. The molecule has 1 fully saturated rings. The fourth-order valence-electron chi connectivity index (χ4n) is 4.17. The maximum Gasteiger partial charge on any atom is 0.246 e. The summed E-state index contributed by atoms with van der Waals surface area (Å²) in [5.41, 5.74) is 4.10. The summed E-state index contributed by atoms with van der Waals surface area (Å²) >= 11 is 0. The third-order valence-corrected chi connectivity index (χ3v) is 7.66. The second kappa shape index (κ2) is 8.57. The summed E-state index contributed by atoms with van der Waals surface area (Å²) < 4.78 is 35.8. The van der Waals surface area contributed by atoms with Crippen molar-refractivity contribution in [3.8, 4) is 16.9 Å². The summed E-state index contributed by atoms with van der Waals surface area (Å²) in [6, 6.07) is 7.21. The molecule has 0 aliphatic carbocycles. The normalized spacial score (nSPS) is 16.1. The minimum atomic E-state index is -3.69. The van der Waals surface area contributed by atoms with Crippen molar-refractivity contribution in [2.75, 3.05) is 39.8 Å². The van der Waals surface area contributed by atoms with Crippen LogP contribution in [-0.4, -0.2) is 72.1 Å². The molecule has 0 bridgehead atoms. The molecule has 31 heavy (non-hydrogen) atoms. The highest BCUT2D eigenvalue weighted by Gasteiger charge is 2.31. The molecule has 0 amide bonds. The van der Waals surface area contributed by atoms with Crippen molar-refractivity contribution in [1.29, 1.82) is 0 Å². The summed E-state index contributed by atoms with van der Waals surface area (Å²) in [6.45, 7) is 9.48. The standard InChI is InChI=1S/C22H29N5O3S/c1-5-8-25-9-11-26(12-10-25)31(28,29)21-14-18(6-7-20(21)30-4)19-15-23-27-17(3)13-16(2)24-22(19)27/h6-7,13-15H,5,8-12H2,1-4H3. The lowest BCUT2D eigenvalue weighted by Gasteiger charge is -2.34. The van der Waals surface area contributed by atoms with Crippen LogP contribution in [0.4, 0.5) is 0 Å². The Hall–Kier alpha value is -2.49. The Labute approximate surface area is 183 Å². The second-order valence-corrected chi connectivity index (χ2v) is 9.85. The van der Waals surface area contributed by atoms with Gasteiger partial charge in [0.05, 0.1) is 13.3 Å². The molecule has 0 N–H and O–H groups in total. The fourth-order valence-corrected chi connectivity index (χ4v) is 5.77. The van der Waals surface area contributed by atoms with Crippen molar-refractivity contribution < 1.29 is 13.2 Å². The first kappa shape index (κ1) is 21.7. The van der Waals surface area contributed by atoms with E-state index >= 15 is 0 Å². The Kier molecular flexibility index (Phi) is 6.00. The Morgan fingerprint density at radius 2 is 1.84 bits per heavy atom. The molecule has 1 aromatic carbocycles. The molecule has 3 heterocycles. The molecule has 0 saturated carbocycles. The Balaban J connectivity index is 1.74. The van der Waals surface area contributed by atoms with Crippen LogP contribution in [0.3, 0.4) is 0 Å². The Bertz CT molecular complexity index is 1200. The molecule has 0 radical (unpaired) electrons. The monoisotopic (exact) mass is 443 g/mol. The predicted molar refractivity (Wildman–Crippen MR) is 120 cm³/mol. The van der Waals surface area contributed by atoms with Gasteiger partial charge in [-0.15, -0.1) is 0 Å². The van der Waals surface area contributed by atoms with E-state index in [1.54, 1.807) is 27.2 Å². The van der Waals surface area contributed by atoms with E-state index in [9.17, 15) is 8.42 Å². The van der Waals surface area contributed by atoms with Crippen molar-refractivity contribution in [3.05, 3.63) is 41.9 Å². The molecule has 1 aliphatic rings. The van der Waals surface area contributed by atoms with E-state index in [1.807, 2.05) is 26.0 Å². The first-order valence-corrected chi connectivity index (χ1v) is 12.0. The first-order chi connectivity index (χ1) is 14.8. The van der Waals surface area contributed by atoms with Crippen LogP contribution < -0.4 is 4.74 Å². The van der Waals surface area contributed by atoms with Gasteiger partial charge >= 0.3 is 0 Å². The van der Waals surface area contributed by atoms with E-state index in [-0.39, 0.29) is 4.90 Å². The Morgan fingerprint density at radius 1 is 1.10 bits per heavy atom. The van der Waals surface area contributed by atoms with Gasteiger partial charge in [0.15, 0.2) is 5.65 Å². The molecular weight excluding hydrogens is 414 g/mol. The van der Waals surface area contributed by atoms with Gasteiger partial charge in [-0.05, 0) is 50.6 Å². The van der Waals surface area contributed by atoms with Crippen LogP contribution in [0.1, 0.15) is 24.7 Å². The second-order valence-electron chi connectivity index (χ2n) is 7.94. The minimum Gasteiger partial charge on any atom is -0.495 e. The number of nitrogens with zero attached hydrogens (tertiary/aromatic N) is 5. The SMILES string of the molecule is CCCN1CCN(S(=O)(=O)c2cc(-c3cnn4c(C)cc(C)nc34)ccc2OC)CC1. The van der Waals surface area contributed by atoms with Crippen LogP contribution in [-0.2, 0) is 10.0 Å². The number of piperazine rings is 1. The van der Waals surface area contributed by atoms with Gasteiger partial charge in [0, 0.05) is 43.1 Å². The van der Waals surface area contributed by atoms with Crippen molar-refractivity contribution in [2.45, 2.75) is 32.1 Å². The van der Waals surface area contributed by atoms with E-state index in [0.717, 1.165) is 48.6 Å². The number of aryl methyl sites for hydroxylation is 2. The average molecular weight is 444 g/mol. The molecular formula is C22H29N5O3S. The topological polar surface area (TPSA) is 80.0 Å². The smallest absolute Gasteiger partial charge is 0.246 e. The van der Waals surface area contributed by atoms with Gasteiger partial charge in [0.1, 0.15) is 10.6 Å². The summed E-state index contributed by atoms with van der Waals surface area (Å²) in [5.74, 6) is 0.344. The van der Waals surface area contributed by atoms with Gasteiger partial charge in [0.2, 0.25) is 10.0 Å². The lowest BCUT2D eigenvalue weighted by Crippen LogP contribution is -2.48. The first-order valence-electron chi connectivity index (χ1n) is 10.6. The van der Waals surface area contributed by atoms with Gasteiger partial charge in [-0.3, -0.25) is 0 Å². The number of methoxy groups -OCH3 is 1. The van der Waals surface area contributed by atoms with Crippen molar-refractivity contribution in [1.82, 2.24) is 23.8 Å². The molecule has 4 rings (SSSR count). The maximum absolute atomic E-state index is 13.5. The molecule has 0 spiro atoms. The molecule has 8 nitrogen and oxygen atoms in total. The summed E-state index contributed by atoms with van der Waals surface area (Å²) in [6.07, 6.45) is 2.80. The quantitative estimate of drug-likeness (QED) is 0.583. The van der Waals surface area contributed by atoms with Crippen LogP contribution in [0.2, 0.25) is 0 Å². The molecule has 0 atom stereocenters. The number of fused-ring (bicyclic) bond motifs is 1. The van der Waals surface area contributed by atoms with Crippen LogP contribution >= 0.6 is 0 Å². The predicted octanol–water partition coefficient (Wildman–Crippen LogP) is 2.74. The highest BCUT2D eigenvalue weighted by atomic mass is 32.2. The zero-order valence-corrected chi connectivity index (χ0v) is 19.3. The van der Waals surface area contributed by atoms with E-state index in [4.69, 9.17) is 4.74 Å². The summed E-state index contributed by atoms with van der Waals surface area (Å²) in [7, 11) is -2.20. The molecule has 166 valence electrons. The zero-order valence-electron chi connectivity index (χ0n) is 18.5. The lowest BCUT2D eigenvalue weighted by atomic mass is 10.1. The highest BCUT2D eigenvalue weighted by molar-refractivity contribution is 7.89. The zero-order chi connectivity index (χ0) is 22.2. The highest BCUT2D eigenvalue weighted by Crippen LogP contribution is 2.33. The van der Waals surface area contributed by atoms with Crippen LogP contribution in [0.25, 0.3) is 16.8 Å². The number of benzene rings is 1. The van der Waals surface area contributed by atoms with Gasteiger partial charge in [0.25, 0.3) is 0 Å². The van der Waals surface area contributed by atoms with Gasteiger partial charge in [-0.25, -0.2) is 17.9 Å². The van der Waals surface area contributed by atoms with Gasteiger partial charge in [-0.1, -0.05) is 13.0 Å². The van der Waals surface area contributed by atoms with Crippen molar-refractivity contribution in [3.63, 3.8) is 0 Å². The molecule has 0 unspecified atom stereocenters. The van der Waals surface area contributed by atoms with E-state index in [0.29, 0.717) is 24.5 Å². The minimum absolute atomic E-state index is 0.181. The molecule has 2 aromatic heterocycles. The van der Waals surface area contributed by atoms with Crippen LogP contribution in [0.15, 0.2) is 35.4 Å². The average Bonchev–Trinajstić information content (AvgIpc) is 3.18. The van der Waals surface area contributed by atoms with Gasteiger partial charge < -0.3 is 9.64 Å². The number of hydrogen-bond acceptors (Lipinski definition) is 6. The Morgan fingerprint density at radius 3 is 2.52 bits per heavy atom. The van der Waals surface area contributed by atoms with E-state index in [1.165, 1.54) is 7.11 Å². The molecule has 1 saturated heterocycles. The summed E-state index contributed by atoms with van der Waals surface area (Å²) in [4.78, 5) is 7.11. The van der Waals surface area contributed by atoms with E-state index < -0.39 is 10.0 Å². The number of rotatable bonds is 6. The summed E-state index contributed by atoms with van der Waals surface area (Å²) in [5, 5.41) is 4.44. The van der Waals surface area contributed by atoms with Crippen molar-refractivity contribution >= 4 is 15.7 Å². The third kappa shape index (κ3) is 4.05. The van der Waals surface area contributed by atoms with Gasteiger partial charge in [-0.2, -0.15) is 9.40 Å². The number of hydrogen-bond donors (Lipinski definition) is 0. The number of aromatic nitrogens is 3. The number of sulfonamides is 1. The lowest BCUT2D eigenvalue weighted by molar-refractivity contribution is 0.188.